The van der Waals surface area contributed by atoms with Crippen LogP contribution in [0.3, 0.4) is 0 Å². The first-order valence-electron chi connectivity index (χ1n) is 6.18. The van der Waals surface area contributed by atoms with Crippen LogP contribution >= 0.6 is 11.8 Å². The Balaban J connectivity index is 1.87. The van der Waals surface area contributed by atoms with Gasteiger partial charge in [-0.15, -0.1) is 0 Å². The molecule has 0 amide bonds. The first-order chi connectivity index (χ1) is 7.81. The number of anilines is 1. The monoisotopic (exact) mass is 239 g/mol. The average Bonchev–Trinajstić information content (AvgIpc) is 2.95. The summed E-state index contributed by atoms with van der Waals surface area (Å²) in [5.41, 5.74) is 0. The van der Waals surface area contributed by atoms with Crippen molar-refractivity contribution < 1.29 is 0 Å². The standard InChI is InChI=1S/C12H21N3S/c1-3-16-9-6-10(2)15-8-7-13-12(15)14-11-4-5-11/h7-8,10-11H,3-6,9H2,1-2H3,(H,13,14). The van der Waals surface area contributed by atoms with Gasteiger partial charge in [0, 0.05) is 24.5 Å². The molecule has 1 atom stereocenters. The second-order valence-corrected chi connectivity index (χ2v) is 5.81. The third-order valence-electron chi connectivity index (χ3n) is 2.94. The molecule has 1 unspecified atom stereocenters. The molecule has 1 heterocycles. The first-order valence-corrected chi connectivity index (χ1v) is 7.34. The summed E-state index contributed by atoms with van der Waals surface area (Å²) in [4.78, 5) is 4.39. The minimum absolute atomic E-state index is 0.544. The van der Waals surface area contributed by atoms with Crippen molar-refractivity contribution in [1.82, 2.24) is 9.55 Å². The molecule has 1 saturated carbocycles. The molecule has 1 fully saturated rings. The Morgan fingerprint density at radius 1 is 1.62 bits per heavy atom. The lowest BCUT2D eigenvalue weighted by Crippen LogP contribution is -2.12. The van der Waals surface area contributed by atoms with Crippen LogP contribution in [0.25, 0.3) is 0 Å². The molecular formula is C12H21N3S. The molecule has 0 saturated heterocycles. The third-order valence-corrected chi connectivity index (χ3v) is 3.87. The summed E-state index contributed by atoms with van der Waals surface area (Å²) >= 11 is 2.01. The van der Waals surface area contributed by atoms with Gasteiger partial charge in [0.05, 0.1) is 0 Å². The number of aromatic nitrogens is 2. The Kier molecular flexibility index (Phi) is 4.16. The van der Waals surface area contributed by atoms with Crippen LogP contribution < -0.4 is 5.32 Å². The predicted molar refractivity (Wildman–Crippen MR) is 71.2 cm³/mol. The summed E-state index contributed by atoms with van der Waals surface area (Å²) in [7, 11) is 0. The van der Waals surface area contributed by atoms with Gasteiger partial charge in [0.15, 0.2) is 0 Å². The van der Waals surface area contributed by atoms with E-state index in [1.807, 2.05) is 18.0 Å². The van der Waals surface area contributed by atoms with Crippen molar-refractivity contribution in [3.8, 4) is 0 Å². The number of thioether (sulfide) groups is 1. The second kappa shape index (κ2) is 5.62. The molecule has 0 radical (unpaired) electrons. The molecule has 1 aliphatic carbocycles. The van der Waals surface area contributed by atoms with Crippen molar-refractivity contribution in [3.63, 3.8) is 0 Å². The van der Waals surface area contributed by atoms with E-state index in [-0.39, 0.29) is 0 Å². The van der Waals surface area contributed by atoms with E-state index < -0.39 is 0 Å². The molecule has 1 N–H and O–H groups in total. The summed E-state index contributed by atoms with van der Waals surface area (Å²) in [6, 6.07) is 1.22. The lowest BCUT2D eigenvalue weighted by molar-refractivity contribution is 0.539. The quantitative estimate of drug-likeness (QED) is 0.741. The highest BCUT2D eigenvalue weighted by Gasteiger charge is 2.23. The van der Waals surface area contributed by atoms with E-state index in [1.165, 1.54) is 30.8 Å². The summed E-state index contributed by atoms with van der Waals surface area (Å²) < 4.78 is 2.27. The molecule has 4 heteroatoms. The maximum Gasteiger partial charge on any atom is 0.203 e. The van der Waals surface area contributed by atoms with Crippen LogP contribution in [-0.2, 0) is 0 Å². The van der Waals surface area contributed by atoms with E-state index in [4.69, 9.17) is 0 Å². The summed E-state index contributed by atoms with van der Waals surface area (Å²) in [6.07, 6.45) is 7.80. The van der Waals surface area contributed by atoms with Crippen LogP contribution in [0.15, 0.2) is 12.4 Å². The number of imidazole rings is 1. The Morgan fingerprint density at radius 2 is 2.44 bits per heavy atom. The zero-order valence-electron chi connectivity index (χ0n) is 10.1. The lowest BCUT2D eigenvalue weighted by atomic mass is 10.2. The number of hydrogen-bond acceptors (Lipinski definition) is 3. The topological polar surface area (TPSA) is 29.9 Å². The van der Waals surface area contributed by atoms with E-state index in [0.29, 0.717) is 12.1 Å². The Hall–Kier alpha value is -0.640. The minimum atomic E-state index is 0.544. The summed E-state index contributed by atoms with van der Waals surface area (Å²) in [5, 5.41) is 3.48. The number of rotatable bonds is 7. The number of nitrogens with zero attached hydrogens (tertiary/aromatic N) is 2. The fraction of sp³-hybridized carbons (Fsp3) is 0.750. The minimum Gasteiger partial charge on any atom is -0.353 e. The molecule has 0 spiro atoms. The van der Waals surface area contributed by atoms with Crippen LogP contribution in [-0.4, -0.2) is 27.1 Å². The van der Waals surface area contributed by atoms with Gasteiger partial charge in [0.2, 0.25) is 5.95 Å². The second-order valence-electron chi connectivity index (χ2n) is 4.41. The van der Waals surface area contributed by atoms with E-state index in [2.05, 4.69) is 34.9 Å². The predicted octanol–water partition coefficient (Wildman–Crippen LogP) is 3.16. The molecule has 2 rings (SSSR count). The molecule has 0 bridgehead atoms. The van der Waals surface area contributed by atoms with Crippen LogP contribution in [0.5, 0.6) is 0 Å². The van der Waals surface area contributed by atoms with Crippen LogP contribution in [0.1, 0.15) is 39.2 Å². The SMILES string of the molecule is CCSCCC(C)n1ccnc1NC1CC1. The largest absolute Gasteiger partial charge is 0.353 e. The van der Waals surface area contributed by atoms with Gasteiger partial charge < -0.3 is 9.88 Å². The van der Waals surface area contributed by atoms with Crippen molar-refractivity contribution in [3.05, 3.63) is 12.4 Å². The first kappa shape index (κ1) is 11.8. The van der Waals surface area contributed by atoms with Crippen LogP contribution in [0.4, 0.5) is 5.95 Å². The van der Waals surface area contributed by atoms with Crippen molar-refractivity contribution in [2.24, 2.45) is 0 Å². The van der Waals surface area contributed by atoms with Gasteiger partial charge in [-0.1, -0.05) is 6.92 Å². The van der Waals surface area contributed by atoms with Gasteiger partial charge in [-0.25, -0.2) is 4.98 Å². The maximum absolute atomic E-state index is 4.39. The fourth-order valence-corrected chi connectivity index (χ4v) is 2.52. The van der Waals surface area contributed by atoms with Gasteiger partial charge in [0.25, 0.3) is 0 Å². The average molecular weight is 239 g/mol. The Bertz CT molecular complexity index is 320. The summed E-state index contributed by atoms with van der Waals surface area (Å²) in [6.45, 7) is 4.49. The molecule has 1 aromatic rings. The Morgan fingerprint density at radius 3 is 3.12 bits per heavy atom. The smallest absolute Gasteiger partial charge is 0.203 e. The van der Waals surface area contributed by atoms with Gasteiger partial charge in [-0.2, -0.15) is 11.8 Å². The maximum atomic E-state index is 4.39. The zero-order chi connectivity index (χ0) is 11.4. The highest BCUT2D eigenvalue weighted by molar-refractivity contribution is 7.99. The van der Waals surface area contributed by atoms with E-state index >= 15 is 0 Å². The highest BCUT2D eigenvalue weighted by Crippen LogP contribution is 2.26. The fourth-order valence-electron chi connectivity index (χ4n) is 1.73. The van der Waals surface area contributed by atoms with Crippen molar-refractivity contribution >= 4 is 17.7 Å². The van der Waals surface area contributed by atoms with Crippen LogP contribution in [0, 0.1) is 0 Å². The number of hydrogen-bond donors (Lipinski definition) is 1. The molecule has 16 heavy (non-hydrogen) atoms. The van der Waals surface area contributed by atoms with Gasteiger partial charge in [0.1, 0.15) is 0 Å². The van der Waals surface area contributed by atoms with E-state index in [9.17, 15) is 0 Å². The normalized spacial score (nSPS) is 17.4. The van der Waals surface area contributed by atoms with Gasteiger partial charge >= 0.3 is 0 Å². The van der Waals surface area contributed by atoms with Crippen molar-refractivity contribution in [2.75, 3.05) is 16.8 Å². The Labute approximate surface area is 102 Å². The molecule has 0 aliphatic heterocycles. The van der Waals surface area contributed by atoms with E-state index in [1.54, 1.807) is 0 Å². The molecule has 1 aromatic heterocycles. The van der Waals surface area contributed by atoms with Gasteiger partial charge in [-0.05, 0) is 37.7 Å². The molecule has 90 valence electrons. The third kappa shape index (κ3) is 3.17. The molecule has 3 nitrogen and oxygen atoms in total. The lowest BCUT2D eigenvalue weighted by Gasteiger charge is -2.16. The van der Waals surface area contributed by atoms with E-state index in [0.717, 1.165) is 5.95 Å². The molecule has 0 aromatic carbocycles. The number of nitrogens with one attached hydrogen (secondary N) is 1. The van der Waals surface area contributed by atoms with Crippen LogP contribution in [0.2, 0.25) is 0 Å². The summed E-state index contributed by atoms with van der Waals surface area (Å²) in [5.74, 6) is 3.50. The van der Waals surface area contributed by atoms with Gasteiger partial charge in [-0.3, -0.25) is 0 Å². The van der Waals surface area contributed by atoms with Crippen molar-refractivity contribution in [2.45, 2.75) is 45.2 Å². The zero-order valence-corrected chi connectivity index (χ0v) is 11.0. The van der Waals surface area contributed by atoms with Crippen molar-refractivity contribution in [1.29, 1.82) is 0 Å². The molecular weight excluding hydrogens is 218 g/mol. The molecule has 1 aliphatic rings. The highest BCUT2D eigenvalue weighted by atomic mass is 32.2.